The first-order valence-electron chi connectivity index (χ1n) is 13.1. The van der Waals surface area contributed by atoms with E-state index in [4.69, 9.17) is 10.00 Å². The number of aryl methyl sites for hydroxylation is 1. The highest BCUT2D eigenvalue weighted by atomic mass is 19.1. The first kappa shape index (κ1) is 26.4. The Morgan fingerprint density at radius 2 is 1.46 bits per heavy atom. The summed E-state index contributed by atoms with van der Waals surface area (Å²) in [4.78, 5) is 4.66. The third-order valence-electron chi connectivity index (χ3n) is 6.36. The van der Waals surface area contributed by atoms with E-state index in [1.54, 1.807) is 6.07 Å². The summed E-state index contributed by atoms with van der Waals surface area (Å²) in [6, 6.07) is 18.4. The SMILES string of the molecule is CCCCCCCCCCCCc1ccc(-c2ccc(COc3ccc(C#N)c(F)c3)cc2)nc1. The van der Waals surface area contributed by atoms with E-state index < -0.39 is 5.82 Å². The minimum absolute atomic E-state index is 0.0173. The fourth-order valence-corrected chi connectivity index (χ4v) is 4.17. The van der Waals surface area contributed by atoms with Crippen LogP contribution in [0.4, 0.5) is 4.39 Å². The average molecular weight is 473 g/mol. The van der Waals surface area contributed by atoms with Crippen LogP contribution in [0.25, 0.3) is 11.3 Å². The molecule has 0 radical (unpaired) electrons. The van der Waals surface area contributed by atoms with Gasteiger partial charge in [-0.3, -0.25) is 4.98 Å². The van der Waals surface area contributed by atoms with Crippen LogP contribution in [0.5, 0.6) is 5.75 Å². The number of hydrogen-bond acceptors (Lipinski definition) is 3. The topological polar surface area (TPSA) is 45.9 Å². The lowest BCUT2D eigenvalue weighted by Crippen LogP contribution is -1.96. The fraction of sp³-hybridized carbons (Fsp3) is 0.419. The first-order chi connectivity index (χ1) is 17.2. The molecule has 2 aromatic carbocycles. The second-order valence-corrected chi connectivity index (χ2v) is 9.22. The summed E-state index contributed by atoms with van der Waals surface area (Å²) in [5.41, 5.74) is 4.31. The van der Waals surface area contributed by atoms with Gasteiger partial charge in [-0.25, -0.2) is 4.39 Å². The van der Waals surface area contributed by atoms with E-state index in [0.29, 0.717) is 12.4 Å². The highest BCUT2D eigenvalue weighted by molar-refractivity contribution is 5.59. The number of benzene rings is 2. The lowest BCUT2D eigenvalue weighted by Gasteiger charge is -2.08. The minimum atomic E-state index is -0.567. The molecule has 0 saturated heterocycles. The zero-order valence-corrected chi connectivity index (χ0v) is 20.9. The third-order valence-corrected chi connectivity index (χ3v) is 6.36. The van der Waals surface area contributed by atoms with Gasteiger partial charge in [0, 0.05) is 17.8 Å². The molecule has 4 heteroatoms. The van der Waals surface area contributed by atoms with Crippen LogP contribution in [0.3, 0.4) is 0 Å². The van der Waals surface area contributed by atoms with Crippen LogP contribution in [-0.4, -0.2) is 4.98 Å². The van der Waals surface area contributed by atoms with E-state index in [0.717, 1.165) is 23.2 Å². The first-order valence-corrected chi connectivity index (χ1v) is 13.1. The summed E-state index contributed by atoms with van der Waals surface area (Å²) in [6.07, 6.45) is 16.6. The van der Waals surface area contributed by atoms with Crippen molar-refractivity contribution in [2.45, 2.75) is 84.2 Å². The van der Waals surface area contributed by atoms with Gasteiger partial charge < -0.3 is 4.74 Å². The summed E-state index contributed by atoms with van der Waals surface area (Å²) >= 11 is 0. The number of hydrogen-bond donors (Lipinski definition) is 0. The van der Waals surface area contributed by atoms with Crippen molar-refractivity contribution in [1.82, 2.24) is 4.98 Å². The van der Waals surface area contributed by atoms with Crippen molar-refractivity contribution in [2.24, 2.45) is 0 Å². The zero-order chi connectivity index (χ0) is 24.7. The molecular weight excluding hydrogens is 435 g/mol. The summed E-state index contributed by atoms with van der Waals surface area (Å²) in [6.45, 7) is 2.60. The van der Waals surface area contributed by atoms with E-state index in [1.807, 2.05) is 36.5 Å². The molecule has 0 bridgehead atoms. The van der Waals surface area contributed by atoms with Gasteiger partial charge in [-0.15, -0.1) is 0 Å². The maximum atomic E-state index is 13.7. The Balaban J connectivity index is 1.37. The molecule has 0 fully saturated rings. The molecule has 0 aliphatic rings. The quantitative estimate of drug-likeness (QED) is 0.208. The van der Waals surface area contributed by atoms with Crippen molar-refractivity contribution in [3.8, 4) is 23.1 Å². The van der Waals surface area contributed by atoms with Crippen molar-refractivity contribution in [3.05, 3.63) is 83.3 Å². The molecule has 184 valence electrons. The van der Waals surface area contributed by atoms with Crippen molar-refractivity contribution in [3.63, 3.8) is 0 Å². The highest BCUT2D eigenvalue weighted by Gasteiger charge is 2.05. The lowest BCUT2D eigenvalue weighted by molar-refractivity contribution is 0.304. The van der Waals surface area contributed by atoms with E-state index in [1.165, 1.54) is 81.9 Å². The zero-order valence-electron chi connectivity index (χ0n) is 20.9. The van der Waals surface area contributed by atoms with Crippen LogP contribution in [-0.2, 0) is 13.0 Å². The number of rotatable bonds is 15. The van der Waals surface area contributed by atoms with E-state index in [9.17, 15) is 4.39 Å². The molecule has 1 heterocycles. The van der Waals surface area contributed by atoms with Crippen molar-refractivity contribution in [1.29, 1.82) is 5.26 Å². The number of aromatic nitrogens is 1. The van der Waals surface area contributed by atoms with Gasteiger partial charge in [0.1, 0.15) is 24.2 Å². The molecule has 0 atom stereocenters. The van der Waals surface area contributed by atoms with Gasteiger partial charge in [0.25, 0.3) is 0 Å². The highest BCUT2D eigenvalue weighted by Crippen LogP contribution is 2.21. The van der Waals surface area contributed by atoms with Gasteiger partial charge in [-0.2, -0.15) is 5.26 Å². The number of nitrogens with zero attached hydrogens (tertiary/aromatic N) is 2. The van der Waals surface area contributed by atoms with Crippen LogP contribution < -0.4 is 4.74 Å². The monoisotopic (exact) mass is 472 g/mol. The normalized spacial score (nSPS) is 10.8. The smallest absolute Gasteiger partial charge is 0.144 e. The van der Waals surface area contributed by atoms with Crippen LogP contribution in [0, 0.1) is 17.1 Å². The van der Waals surface area contributed by atoms with Gasteiger partial charge in [0.15, 0.2) is 0 Å². The van der Waals surface area contributed by atoms with Gasteiger partial charge in [-0.05, 0) is 42.2 Å². The second kappa shape index (κ2) is 14.9. The summed E-state index contributed by atoms with van der Waals surface area (Å²) in [5.74, 6) is -0.159. The Morgan fingerprint density at radius 3 is 2.06 bits per heavy atom. The van der Waals surface area contributed by atoms with Crippen molar-refractivity contribution in [2.75, 3.05) is 0 Å². The molecule has 0 aliphatic carbocycles. The molecular formula is C31H37FN2O. The Kier molecular flexibility index (Phi) is 11.3. The molecule has 35 heavy (non-hydrogen) atoms. The Morgan fingerprint density at radius 1 is 0.800 bits per heavy atom. The molecule has 0 N–H and O–H groups in total. The van der Waals surface area contributed by atoms with Crippen LogP contribution in [0.15, 0.2) is 60.8 Å². The molecule has 3 aromatic rings. The van der Waals surface area contributed by atoms with Gasteiger partial charge >= 0.3 is 0 Å². The van der Waals surface area contributed by atoms with Gasteiger partial charge in [0.2, 0.25) is 0 Å². The van der Waals surface area contributed by atoms with Crippen molar-refractivity contribution >= 4 is 0 Å². The fourth-order valence-electron chi connectivity index (χ4n) is 4.17. The van der Waals surface area contributed by atoms with E-state index in [2.05, 4.69) is 24.0 Å². The molecule has 0 aliphatic heterocycles. The van der Waals surface area contributed by atoms with Gasteiger partial charge in [0.05, 0.1) is 11.3 Å². The molecule has 0 unspecified atom stereocenters. The van der Waals surface area contributed by atoms with Crippen LogP contribution in [0.1, 0.15) is 87.8 Å². The van der Waals surface area contributed by atoms with E-state index in [-0.39, 0.29) is 5.56 Å². The Bertz CT molecular complexity index is 1050. The Hall–Kier alpha value is -3.19. The number of nitriles is 1. The molecule has 3 rings (SSSR count). The predicted molar refractivity (Wildman–Crippen MR) is 141 cm³/mol. The average Bonchev–Trinajstić information content (AvgIpc) is 2.89. The maximum absolute atomic E-state index is 13.7. The standard InChI is InChI=1S/C31H37FN2O/c1-2-3-4-5-6-7-8-9-10-11-12-25-15-20-31(34-23-25)27-16-13-26(14-17-27)24-35-29-19-18-28(22-33)30(32)21-29/h13-21,23H,2-12,24H2,1H3. The number of ether oxygens (including phenoxy) is 1. The summed E-state index contributed by atoms with van der Waals surface area (Å²) in [5, 5.41) is 8.82. The van der Waals surface area contributed by atoms with Crippen LogP contribution >= 0.6 is 0 Å². The molecule has 0 saturated carbocycles. The molecule has 3 nitrogen and oxygen atoms in total. The summed E-state index contributed by atoms with van der Waals surface area (Å²) < 4.78 is 19.4. The van der Waals surface area contributed by atoms with E-state index >= 15 is 0 Å². The predicted octanol–water partition coefficient (Wildman–Crippen LogP) is 8.80. The van der Waals surface area contributed by atoms with Gasteiger partial charge in [-0.1, -0.05) is 95.0 Å². The van der Waals surface area contributed by atoms with Crippen LogP contribution in [0.2, 0.25) is 0 Å². The maximum Gasteiger partial charge on any atom is 0.144 e. The molecule has 1 aromatic heterocycles. The Labute approximate surface area is 210 Å². The second-order valence-electron chi connectivity index (χ2n) is 9.22. The third kappa shape index (κ3) is 9.17. The number of unbranched alkanes of at least 4 members (excludes halogenated alkanes) is 9. The summed E-state index contributed by atoms with van der Waals surface area (Å²) in [7, 11) is 0. The van der Waals surface area contributed by atoms with Crippen molar-refractivity contribution < 1.29 is 9.13 Å². The number of pyridine rings is 1. The lowest BCUT2D eigenvalue weighted by atomic mass is 10.0. The minimum Gasteiger partial charge on any atom is -0.489 e. The number of halogens is 1. The molecule has 0 spiro atoms. The largest absolute Gasteiger partial charge is 0.489 e. The molecule has 0 amide bonds.